The topological polar surface area (TPSA) is 27.1 Å². The van der Waals surface area contributed by atoms with Crippen LogP contribution in [0.1, 0.15) is 0 Å². The van der Waals surface area contributed by atoms with Crippen LogP contribution in [-0.2, 0) is 0 Å². The average Bonchev–Trinajstić information content (AvgIpc) is 2.65. The van der Waals surface area contributed by atoms with Crippen LogP contribution in [0.25, 0.3) is 5.69 Å². The summed E-state index contributed by atoms with van der Waals surface area (Å²) < 4.78 is 6.97. The Labute approximate surface area is 87.8 Å². The van der Waals surface area contributed by atoms with Crippen LogP contribution < -0.4 is 4.74 Å². The van der Waals surface area contributed by atoms with Crippen molar-refractivity contribution in [3.8, 4) is 11.4 Å². The molecule has 0 saturated heterocycles. The van der Waals surface area contributed by atoms with E-state index in [1.807, 2.05) is 35.0 Å². The third-order valence-electron chi connectivity index (χ3n) is 1.94. The molecule has 0 aliphatic carbocycles. The number of hydrogen-bond acceptors (Lipinski definition) is 3. The lowest BCUT2D eigenvalue weighted by molar-refractivity contribution is 0.414. The van der Waals surface area contributed by atoms with Crippen molar-refractivity contribution < 1.29 is 4.74 Å². The van der Waals surface area contributed by atoms with Crippen molar-refractivity contribution in [2.45, 2.75) is 5.03 Å². The van der Waals surface area contributed by atoms with E-state index in [1.54, 1.807) is 13.4 Å². The number of nitrogens with zero attached hydrogens (tertiary/aromatic N) is 2. The maximum atomic E-state index is 5.07. The van der Waals surface area contributed by atoms with Gasteiger partial charge in [-0.1, -0.05) is 0 Å². The van der Waals surface area contributed by atoms with E-state index >= 15 is 0 Å². The Kier molecular flexibility index (Phi) is 2.45. The first kappa shape index (κ1) is 9.15. The molecule has 0 saturated carbocycles. The predicted octanol–water partition coefficient (Wildman–Crippen LogP) is 2.17. The second kappa shape index (κ2) is 3.75. The standard InChI is InChI=1S/C10H10N2OS/c1-13-9-4-2-8(3-5-9)12-6-10(14)11-7-12/h2-7,14H,1H3. The van der Waals surface area contributed by atoms with Gasteiger partial charge in [-0.25, -0.2) is 4.98 Å². The minimum atomic E-state index is 0.709. The Balaban J connectivity index is 2.33. The molecule has 3 nitrogen and oxygen atoms in total. The molecular formula is C10H10N2OS. The van der Waals surface area contributed by atoms with E-state index in [-0.39, 0.29) is 0 Å². The summed E-state index contributed by atoms with van der Waals surface area (Å²) >= 11 is 4.14. The van der Waals surface area contributed by atoms with Gasteiger partial charge >= 0.3 is 0 Å². The van der Waals surface area contributed by atoms with Gasteiger partial charge in [0.2, 0.25) is 0 Å². The van der Waals surface area contributed by atoms with Crippen molar-refractivity contribution in [2.75, 3.05) is 7.11 Å². The van der Waals surface area contributed by atoms with Gasteiger partial charge in [0.1, 0.15) is 17.1 Å². The van der Waals surface area contributed by atoms with Crippen molar-refractivity contribution in [1.82, 2.24) is 9.55 Å². The second-order valence-corrected chi connectivity index (χ2v) is 3.30. The van der Waals surface area contributed by atoms with Crippen molar-refractivity contribution >= 4 is 12.6 Å². The molecule has 0 unspecified atom stereocenters. The van der Waals surface area contributed by atoms with E-state index < -0.39 is 0 Å². The van der Waals surface area contributed by atoms with E-state index in [9.17, 15) is 0 Å². The fourth-order valence-electron chi connectivity index (χ4n) is 1.21. The fraction of sp³-hybridized carbons (Fsp3) is 0.100. The second-order valence-electron chi connectivity index (χ2n) is 2.84. The molecule has 4 heteroatoms. The number of hydrogen-bond donors (Lipinski definition) is 1. The molecule has 0 spiro atoms. The number of aromatic nitrogens is 2. The van der Waals surface area contributed by atoms with Gasteiger partial charge in [0.25, 0.3) is 0 Å². The third-order valence-corrected chi connectivity index (χ3v) is 2.17. The Morgan fingerprint density at radius 3 is 2.50 bits per heavy atom. The number of methoxy groups -OCH3 is 1. The minimum Gasteiger partial charge on any atom is -0.497 e. The maximum absolute atomic E-state index is 5.07. The van der Waals surface area contributed by atoms with Gasteiger partial charge in [0.05, 0.1) is 7.11 Å². The molecule has 0 radical (unpaired) electrons. The largest absolute Gasteiger partial charge is 0.497 e. The smallest absolute Gasteiger partial charge is 0.119 e. The quantitative estimate of drug-likeness (QED) is 0.762. The Hall–Kier alpha value is -1.42. The molecule has 1 heterocycles. The monoisotopic (exact) mass is 206 g/mol. The molecule has 72 valence electrons. The summed E-state index contributed by atoms with van der Waals surface area (Å²) in [6.07, 6.45) is 3.58. The first-order valence-corrected chi connectivity index (χ1v) is 4.62. The first-order valence-electron chi connectivity index (χ1n) is 4.17. The summed E-state index contributed by atoms with van der Waals surface area (Å²) in [7, 11) is 1.65. The SMILES string of the molecule is COc1ccc(-n2cnc(S)c2)cc1. The summed E-state index contributed by atoms with van der Waals surface area (Å²) in [5, 5.41) is 0.709. The molecule has 0 atom stereocenters. The maximum Gasteiger partial charge on any atom is 0.119 e. The number of rotatable bonds is 2. The number of imidazole rings is 1. The molecule has 0 aliphatic rings. The average molecular weight is 206 g/mol. The van der Waals surface area contributed by atoms with Crippen molar-refractivity contribution in [3.05, 3.63) is 36.8 Å². The molecule has 2 aromatic rings. The molecule has 0 fully saturated rings. The normalized spacial score (nSPS) is 10.1. The molecule has 0 aliphatic heterocycles. The molecule has 0 N–H and O–H groups in total. The van der Waals surface area contributed by atoms with E-state index in [0.29, 0.717) is 5.03 Å². The lowest BCUT2D eigenvalue weighted by Crippen LogP contribution is -1.89. The highest BCUT2D eigenvalue weighted by Crippen LogP contribution is 2.15. The molecule has 0 amide bonds. The Bertz CT molecular complexity index is 422. The van der Waals surface area contributed by atoms with Crippen LogP contribution in [0.2, 0.25) is 0 Å². The number of benzene rings is 1. The van der Waals surface area contributed by atoms with Crippen LogP contribution in [0.3, 0.4) is 0 Å². The zero-order valence-electron chi connectivity index (χ0n) is 7.71. The van der Waals surface area contributed by atoms with Gasteiger partial charge in [-0.3, -0.25) is 0 Å². The first-order chi connectivity index (χ1) is 6.79. The van der Waals surface area contributed by atoms with Crippen LogP contribution in [0.4, 0.5) is 0 Å². The van der Waals surface area contributed by atoms with Crippen LogP contribution in [0.5, 0.6) is 5.75 Å². The summed E-state index contributed by atoms with van der Waals surface area (Å²) in [6.45, 7) is 0. The summed E-state index contributed by atoms with van der Waals surface area (Å²) in [4.78, 5) is 4.03. The molecule has 0 bridgehead atoms. The van der Waals surface area contributed by atoms with Gasteiger partial charge in [-0.2, -0.15) is 0 Å². The van der Waals surface area contributed by atoms with Gasteiger partial charge in [-0.05, 0) is 24.3 Å². The van der Waals surface area contributed by atoms with Gasteiger partial charge in [0, 0.05) is 11.9 Å². The third kappa shape index (κ3) is 1.75. The lowest BCUT2D eigenvalue weighted by Gasteiger charge is -2.03. The minimum absolute atomic E-state index is 0.709. The van der Waals surface area contributed by atoms with Crippen LogP contribution >= 0.6 is 12.6 Å². The highest BCUT2D eigenvalue weighted by molar-refractivity contribution is 7.80. The summed E-state index contributed by atoms with van der Waals surface area (Å²) in [5.74, 6) is 0.847. The fourth-order valence-corrected chi connectivity index (χ4v) is 1.38. The molecular weight excluding hydrogens is 196 g/mol. The highest BCUT2D eigenvalue weighted by Gasteiger charge is 1.97. The van der Waals surface area contributed by atoms with Crippen molar-refractivity contribution in [3.63, 3.8) is 0 Å². The molecule has 1 aromatic carbocycles. The Morgan fingerprint density at radius 2 is 2.00 bits per heavy atom. The molecule has 14 heavy (non-hydrogen) atoms. The van der Waals surface area contributed by atoms with Crippen LogP contribution in [0, 0.1) is 0 Å². The van der Waals surface area contributed by atoms with E-state index in [4.69, 9.17) is 4.74 Å². The Morgan fingerprint density at radius 1 is 1.29 bits per heavy atom. The molecule has 1 aromatic heterocycles. The van der Waals surface area contributed by atoms with E-state index in [2.05, 4.69) is 17.6 Å². The number of ether oxygens (including phenoxy) is 1. The predicted molar refractivity (Wildman–Crippen MR) is 57.4 cm³/mol. The van der Waals surface area contributed by atoms with Gasteiger partial charge < -0.3 is 9.30 Å². The zero-order chi connectivity index (χ0) is 9.97. The van der Waals surface area contributed by atoms with Crippen molar-refractivity contribution in [1.29, 1.82) is 0 Å². The van der Waals surface area contributed by atoms with Crippen molar-refractivity contribution in [2.24, 2.45) is 0 Å². The summed E-state index contributed by atoms with van der Waals surface area (Å²) in [5.41, 5.74) is 1.04. The van der Waals surface area contributed by atoms with Crippen LogP contribution in [0.15, 0.2) is 41.8 Å². The highest BCUT2D eigenvalue weighted by atomic mass is 32.1. The summed E-state index contributed by atoms with van der Waals surface area (Å²) in [6, 6.07) is 7.75. The van der Waals surface area contributed by atoms with Gasteiger partial charge in [-0.15, -0.1) is 12.6 Å². The van der Waals surface area contributed by atoms with Crippen LogP contribution in [-0.4, -0.2) is 16.7 Å². The lowest BCUT2D eigenvalue weighted by atomic mass is 10.3. The van der Waals surface area contributed by atoms with E-state index in [1.165, 1.54) is 0 Å². The van der Waals surface area contributed by atoms with E-state index in [0.717, 1.165) is 11.4 Å². The molecule has 2 rings (SSSR count). The zero-order valence-corrected chi connectivity index (χ0v) is 8.61. The number of thiol groups is 1. The van der Waals surface area contributed by atoms with Gasteiger partial charge in [0.15, 0.2) is 0 Å².